The van der Waals surface area contributed by atoms with E-state index in [0.717, 1.165) is 17.1 Å². The second kappa shape index (κ2) is 9.16. The normalized spacial score (nSPS) is 10.3. The van der Waals surface area contributed by atoms with Crippen LogP contribution in [0.2, 0.25) is 5.02 Å². The molecule has 0 fully saturated rings. The summed E-state index contributed by atoms with van der Waals surface area (Å²) in [6.07, 6.45) is 0. The smallest absolute Gasteiger partial charge is 0.286 e. The summed E-state index contributed by atoms with van der Waals surface area (Å²) < 4.78 is 0. The molecule has 5 heteroatoms. The number of anilines is 3. The topological polar surface area (TPSA) is 41.6 Å². The van der Waals surface area contributed by atoms with Gasteiger partial charge in [-0.25, -0.2) is 0 Å². The molecule has 0 aliphatic heterocycles. The Bertz CT molecular complexity index is 1090. The fraction of sp³-hybridized carbons (Fsp3) is 0. The Morgan fingerprint density at radius 1 is 0.700 bits per heavy atom. The highest BCUT2D eigenvalue weighted by molar-refractivity contribution is 6.32. The van der Waals surface area contributed by atoms with Crippen molar-refractivity contribution in [3.05, 3.63) is 120 Å². The quantitative estimate of drug-likeness (QED) is 0.364. The van der Waals surface area contributed by atoms with Crippen LogP contribution in [-0.2, 0) is 0 Å². The molecular formula is C25H19ClN2O2. The predicted molar refractivity (Wildman–Crippen MR) is 121 cm³/mol. The van der Waals surface area contributed by atoms with E-state index < -0.39 is 0 Å². The summed E-state index contributed by atoms with van der Waals surface area (Å²) in [4.78, 5) is 20.5. The molecule has 0 bridgehead atoms. The van der Waals surface area contributed by atoms with Crippen molar-refractivity contribution in [3.63, 3.8) is 0 Å². The van der Waals surface area contributed by atoms with E-state index in [1.54, 1.807) is 30.3 Å². The summed E-state index contributed by atoms with van der Waals surface area (Å²) in [5, 5.41) is 0.418. The van der Waals surface area contributed by atoms with E-state index >= 15 is 0 Å². The summed E-state index contributed by atoms with van der Waals surface area (Å²) in [5.41, 5.74) is 5.59. The first-order valence-corrected chi connectivity index (χ1v) is 9.83. The molecule has 0 aliphatic rings. The minimum Gasteiger partial charge on any atom is -0.378 e. The van der Waals surface area contributed by atoms with Crippen LogP contribution < -0.4 is 15.2 Å². The maximum Gasteiger partial charge on any atom is 0.286 e. The SMILES string of the molecule is O=C(NOc1ccccc1Cl)c1ccccc1N(c1ccccc1)c1ccccc1. The molecule has 1 N–H and O–H groups in total. The molecule has 0 spiro atoms. The first-order chi connectivity index (χ1) is 14.7. The van der Waals surface area contributed by atoms with Gasteiger partial charge in [0, 0.05) is 11.4 Å². The number of benzene rings is 4. The van der Waals surface area contributed by atoms with E-state index in [1.807, 2.05) is 83.8 Å². The van der Waals surface area contributed by atoms with Gasteiger partial charge in [0.05, 0.1) is 16.3 Å². The molecule has 0 aliphatic carbocycles. The molecule has 1 amide bonds. The number of carbonyl (C=O) groups is 1. The fourth-order valence-corrected chi connectivity index (χ4v) is 3.30. The number of hydrogen-bond acceptors (Lipinski definition) is 3. The Balaban J connectivity index is 1.70. The van der Waals surface area contributed by atoms with Crippen molar-refractivity contribution >= 4 is 34.6 Å². The van der Waals surface area contributed by atoms with Gasteiger partial charge in [0.1, 0.15) is 0 Å². The molecule has 4 rings (SSSR count). The molecule has 0 heterocycles. The van der Waals surface area contributed by atoms with Crippen LogP contribution in [0.5, 0.6) is 5.75 Å². The number of nitrogens with one attached hydrogen (secondary N) is 1. The fourth-order valence-electron chi connectivity index (χ4n) is 3.13. The van der Waals surface area contributed by atoms with Crippen LogP contribution in [0.3, 0.4) is 0 Å². The minimum atomic E-state index is -0.373. The van der Waals surface area contributed by atoms with Crippen LogP contribution in [-0.4, -0.2) is 5.91 Å². The van der Waals surface area contributed by atoms with Crippen molar-refractivity contribution in [1.29, 1.82) is 0 Å². The van der Waals surface area contributed by atoms with E-state index in [9.17, 15) is 4.79 Å². The summed E-state index contributed by atoms with van der Waals surface area (Å²) in [6.45, 7) is 0. The number of halogens is 1. The Morgan fingerprint density at radius 2 is 1.23 bits per heavy atom. The number of hydroxylamine groups is 1. The van der Waals surface area contributed by atoms with Gasteiger partial charge in [-0.2, -0.15) is 5.48 Å². The van der Waals surface area contributed by atoms with Gasteiger partial charge in [0.2, 0.25) is 0 Å². The largest absolute Gasteiger partial charge is 0.378 e. The Hall–Kier alpha value is -3.76. The van der Waals surface area contributed by atoms with Crippen molar-refractivity contribution in [2.75, 3.05) is 4.90 Å². The van der Waals surface area contributed by atoms with Crippen LogP contribution in [0.4, 0.5) is 17.1 Å². The summed E-state index contributed by atoms with van der Waals surface area (Å²) >= 11 is 6.11. The maximum atomic E-state index is 13.0. The van der Waals surface area contributed by atoms with E-state index in [4.69, 9.17) is 16.4 Å². The second-order valence-electron chi connectivity index (χ2n) is 6.49. The molecule has 0 saturated heterocycles. The molecule has 0 unspecified atom stereocenters. The molecule has 0 radical (unpaired) electrons. The van der Waals surface area contributed by atoms with Gasteiger partial charge in [-0.1, -0.05) is 72.3 Å². The summed E-state index contributed by atoms with van der Waals surface area (Å²) in [5.74, 6) is 0.00959. The lowest BCUT2D eigenvalue weighted by atomic mass is 10.1. The van der Waals surface area contributed by atoms with E-state index in [2.05, 4.69) is 5.48 Å². The predicted octanol–water partition coefficient (Wildman–Crippen LogP) is 6.53. The van der Waals surface area contributed by atoms with Crippen LogP contribution in [0.15, 0.2) is 109 Å². The van der Waals surface area contributed by atoms with Crippen LogP contribution >= 0.6 is 11.6 Å². The number of hydrogen-bond donors (Lipinski definition) is 1. The number of rotatable bonds is 6. The van der Waals surface area contributed by atoms with Crippen LogP contribution in [0.25, 0.3) is 0 Å². The zero-order valence-electron chi connectivity index (χ0n) is 16.0. The van der Waals surface area contributed by atoms with Crippen molar-refractivity contribution in [3.8, 4) is 5.75 Å². The molecule has 4 nitrogen and oxygen atoms in total. The number of carbonyl (C=O) groups excluding carboxylic acids is 1. The van der Waals surface area contributed by atoms with E-state index in [-0.39, 0.29) is 5.91 Å². The highest BCUT2D eigenvalue weighted by Crippen LogP contribution is 2.36. The van der Waals surface area contributed by atoms with Gasteiger partial charge in [-0.05, 0) is 48.5 Å². The maximum absolute atomic E-state index is 13.0. The Kier molecular flexibility index (Phi) is 5.97. The van der Waals surface area contributed by atoms with Gasteiger partial charge < -0.3 is 9.74 Å². The molecule has 0 aromatic heterocycles. The summed E-state index contributed by atoms with van der Waals surface area (Å²) in [6, 6.07) is 34.2. The monoisotopic (exact) mass is 414 g/mol. The highest BCUT2D eigenvalue weighted by atomic mass is 35.5. The van der Waals surface area contributed by atoms with Crippen molar-refractivity contribution in [2.45, 2.75) is 0 Å². The molecule has 4 aromatic rings. The third-order valence-electron chi connectivity index (χ3n) is 4.51. The van der Waals surface area contributed by atoms with Gasteiger partial charge in [0.25, 0.3) is 5.91 Å². The van der Waals surface area contributed by atoms with Crippen molar-refractivity contribution in [2.24, 2.45) is 0 Å². The van der Waals surface area contributed by atoms with Crippen molar-refractivity contribution < 1.29 is 9.63 Å². The first-order valence-electron chi connectivity index (χ1n) is 9.45. The number of nitrogens with zero attached hydrogens (tertiary/aromatic N) is 1. The van der Waals surface area contributed by atoms with Gasteiger partial charge in [0.15, 0.2) is 5.75 Å². The Morgan fingerprint density at radius 3 is 1.87 bits per heavy atom. The lowest BCUT2D eigenvalue weighted by Gasteiger charge is -2.27. The highest BCUT2D eigenvalue weighted by Gasteiger charge is 2.19. The first kappa shape index (κ1) is 19.6. The zero-order valence-corrected chi connectivity index (χ0v) is 16.8. The number of amides is 1. The van der Waals surface area contributed by atoms with E-state index in [0.29, 0.717) is 16.3 Å². The van der Waals surface area contributed by atoms with E-state index in [1.165, 1.54) is 0 Å². The third kappa shape index (κ3) is 4.29. The van der Waals surface area contributed by atoms with Gasteiger partial charge in [-0.15, -0.1) is 0 Å². The average Bonchev–Trinajstić information content (AvgIpc) is 2.80. The molecule has 30 heavy (non-hydrogen) atoms. The van der Waals surface area contributed by atoms with Crippen molar-refractivity contribution in [1.82, 2.24) is 5.48 Å². The molecule has 0 saturated carbocycles. The van der Waals surface area contributed by atoms with Crippen LogP contribution in [0.1, 0.15) is 10.4 Å². The molecular weight excluding hydrogens is 396 g/mol. The molecule has 0 atom stereocenters. The lowest BCUT2D eigenvalue weighted by Crippen LogP contribution is -2.28. The Labute approximate surface area is 180 Å². The average molecular weight is 415 g/mol. The molecule has 4 aromatic carbocycles. The third-order valence-corrected chi connectivity index (χ3v) is 4.82. The number of para-hydroxylation sites is 4. The summed E-state index contributed by atoms with van der Waals surface area (Å²) in [7, 11) is 0. The van der Waals surface area contributed by atoms with Crippen LogP contribution in [0, 0.1) is 0 Å². The second-order valence-corrected chi connectivity index (χ2v) is 6.89. The van der Waals surface area contributed by atoms with Gasteiger partial charge >= 0.3 is 0 Å². The standard InChI is InChI=1S/C25H19ClN2O2/c26-22-16-8-10-18-24(22)30-27-25(29)21-15-7-9-17-23(21)28(19-11-3-1-4-12-19)20-13-5-2-6-14-20/h1-18H,(H,27,29). The minimum absolute atomic E-state index is 0.373. The molecule has 148 valence electrons. The lowest BCUT2D eigenvalue weighted by molar-refractivity contribution is 0.0761. The van der Waals surface area contributed by atoms with Gasteiger partial charge in [-0.3, -0.25) is 4.79 Å². The zero-order chi connectivity index (χ0) is 20.8.